The van der Waals surface area contributed by atoms with Crippen LogP contribution in [0.25, 0.3) is 5.76 Å². The molecule has 1 rings (SSSR count). The van der Waals surface area contributed by atoms with Crippen LogP contribution in [0.2, 0.25) is 19.6 Å². The molecule has 5 heteroatoms. The van der Waals surface area contributed by atoms with Gasteiger partial charge in [0, 0.05) is 6.42 Å². The van der Waals surface area contributed by atoms with Crippen molar-refractivity contribution in [2.24, 2.45) is 0 Å². The van der Waals surface area contributed by atoms with Gasteiger partial charge in [-0.25, -0.2) is 0 Å². The van der Waals surface area contributed by atoms with Gasteiger partial charge in [-0.1, -0.05) is 19.1 Å². The second kappa shape index (κ2) is 7.40. The van der Waals surface area contributed by atoms with E-state index in [0.29, 0.717) is 17.7 Å². The highest BCUT2D eigenvalue weighted by atomic mass is 28.4. The molecule has 0 aliphatic carbocycles. The Bertz CT molecular complexity index is 533. The van der Waals surface area contributed by atoms with Crippen LogP contribution in [0, 0.1) is 0 Å². The molecule has 0 N–H and O–H groups in total. The number of methoxy groups -OCH3 is 1. The number of para-hydroxylation sites is 1. The number of hydrogen-bond donors (Lipinski definition) is 0. The standard InChI is InChI=1S/C16H23FO3Si/c1-6-9-13(18)15(17)16(20-21(3,4)5)12-10-7-8-11-14(12)19-2/h7-8,10-11H,6,9H2,1-5H3/b16-15+. The number of halogens is 1. The fourth-order valence-electron chi connectivity index (χ4n) is 1.82. The summed E-state index contributed by atoms with van der Waals surface area (Å²) in [7, 11) is -0.565. The van der Waals surface area contributed by atoms with Crippen molar-refractivity contribution in [2.75, 3.05) is 7.11 Å². The number of ketones is 1. The first kappa shape index (κ1) is 17.4. The average molecular weight is 310 g/mol. The number of Topliss-reactive ketones (excluding diaryl/α,β-unsaturated/α-hetero) is 1. The fourth-order valence-corrected chi connectivity index (χ4v) is 2.63. The molecule has 116 valence electrons. The number of carbonyl (C=O) groups is 1. The average Bonchev–Trinajstić information content (AvgIpc) is 2.43. The van der Waals surface area contributed by atoms with Gasteiger partial charge in [-0.3, -0.25) is 4.79 Å². The summed E-state index contributed by atoms with van der Waals surface area (Å²) in [6.45, 7) is 7.67. The molecule has 0 saturated heterocycles. The number of allylic oxidation sites excluding steroid dienone is 1. The maximum Gasteiger partial charge on any atom is 0.242 e. The van der Waals surface area contributed by atoms with Crippen LogP contribution in [0.5, 0.6) is 5.75 Å². The molecule has 0 atom stereocenters. The summed E-state index contributed by atoms with van der Waals surface area (Å²) < 4.78 is 25.6. The van der Waals surface area contributed by atoms with Crippen molar-refractivity contribution in [3.05, 3.63) is 35.7 Å². The number of ether oxygens (including phenoxy) is 1. The second-order valence-electron chi connectivity index (χ2n) is 5.73. The molecule has 0 unspecified atom stereocenters. The monoisotopic (exact) mass is 310 g/mol. The van der Waals surface area contributed by atoms with Crippen LogP contribution in [0.3, 0.4) is 0 Å². The van der Waals surface area contributed by atoms with Crippen LogP contribution in [0.1, 0.15) is 25.3 Å². The summed E-state index contributed by atoms with van der Waals surface area (Å²) in [4.78, 5) is 11.9. The molecule has 21 heavy (non-hydrogen) atoms. The first-order valence-corrected chi connectivity index (χ1v) is 10.5. The number of carbonyl (C=O) groups excluding carboxylic acids is 1. The topological polar surface area (TPSA) is 35.5 Å². The van der Waals surface area contributed by atoms with E-state index < -0.39 is 19.9 Å². The van der Waals surface area contributed by atoms with Gasteiger partial charge in [-0.2, -0.15) is 4.39 Å². The van der Waals surface area contributed by atoms with Crippen molar-refractivity contribution >= 4 is 19.9 Å². The van der Waals surface area contributed by atoms with Gasteiger partial charge in [0.05, 0.1) is 12.7 Å². The lowest BCUT2D eigenvalue weighted by molar-refractivity contribution is -0.116. The fraction of sp³-hybridized carbons (Fsp3) is 0.438. The lowest BCUT2D eigenvalue weighted by Crippen LogP contribution is -2.25. The zero-order valence-electron chi connectivity index (χ0n) is 13.3. The van der Waals surface area contributed by atoms with E-state index in [2.05, 4.69) is 0 Å². The highest BCUT2D eigenvalue weighted by Gasteiger charge is 2.26. The third kappa shape index (κ3) is 5.01. The minimum absolute atomic E-state index is 0.00469. The Labute approximate surface area is 126 Å². The van der Waals surface area contributed by atoms with E-state index in [1.807, 2.05) is 26.6 Å². The molecule has 1 aromatic carbocycles. The first-order chi connectivity index (χ1) is 9.80. The normalized spacial score (nSPS) is 12.7. The van der Waals surface area contributed by atoms with Crippen molar-refractivity contribution < 1.29 is 18.3 Å². The third-order valence-corrected chi connectivity index (χ3v) is 3.50. The molecule has 0 saturated carbocycles. The van der Waals surface area contributed by atoms with Gasteiger partial charge in [0.1, 0.15) is 5.75 Å². The Hall–Kier alpha value is -1.62. The molecular weight excluding hydrogens is 287 g/mol. The number of rotatable bonds is 7. The van der Waals surface area contributed by atoms with E-state index in [1.54, 1.807) is 24.3 Å². The highest BCUT2D eigenvalue weighted by Crippen LogP contribution is 2.32. The van der Waals surface area contributed by atoms with E-state index in [-0.39, 0.29) is 12.2 Å². The molecule has 0 aliphatic heterocycles. The quantitative estimate of drug-likeness (QED) is 0.421. The highest BCUT2D eigenvalue weighted by molar-refractivity contribution is 6.70. The van der Waals surface area contributed by atoms with Crippen LogP contribution in [-0.4, -0.2) is 21.2 Å². The SMILES string of the molecule is CCCC(=O)/C(F)=C(\O[Si](C)(C)C)c1ccccc1OC. The van der Waals surface area contributed by atoms with Crippen molar-refractivity contribution in [3.8, 4) is 5.75 Å². The molecule has 0 radical (unpaired) electrons. The van der Waals surface area contributed by atoms with Crippen molar-refractivity contribution in [3.63, 3.8) is 0 Å². The molecule has 3 nitrogen and oxygen atoms in total. The zero-order valence-corrected chi connectivity index (χ0v) is 14.3. The molecule has 0 amide bonds. The van der Waals surface area contributed by atoms with Crippen LogP contribution >= 0.6 is 0 Å². The predicted octanol–water partition coefficient (Wildman–Crippen LogP) is 4.55. The summed E-state index contributed by atoms with van der Waals surface area (Å²) in [6, 6.07) is 6.98. The summed E-state index contributed by atoms with van der Waals surface area (Å²) >= 11 is 0. The van der Waals surface area contributed by atoms with Crippen molar-refractivity contribution in [1.29, 1.82) is 0 Å². The molecule has 0 bridgehead atoms. The minimum atomic E-state index is -2.08. The van der Waals surface area contributed by atoms with Crippen LogP contribution in [0.4, 0.5) is 4.39 Å². The van der Waals surface area contributed by atoms with Gasteiger partial charge in [0.2, 0.25) is 14.1 Å². The molecule has 1 aromatic rings. The number of hydrogen-bond acceptors (Lipinski definition) is 3. The Kier molecular flexibility index (Phi) is 6.14. The summed E-state index contributed by atoms with van der Waals surface area (Å²) in [5.41, 5.74) is 0.476. The Balaban J connectivity index is 3.38. The van der Waals surface area contributed by atoms with E-state index in [0.717, 1.165) is 0 Å². The molecule has 0 spiro atoms. The number of benzene rings is 1. The van der Waals surface area contributed by atoms with E-state index in [1.165, 1.54) is 7.11 Å². The van der Waals surface area contributed by atoms with Crippen LogP contribution in [-0.2, 0) is 9.22 Å². The smallest absolute Gasteiger partial charge is 0.242 e. The maximum absolute atomic E-state index is 14.6. The Morgan fingerprint density at radius 1 is 1.24 bits per heavy atom. The van der Waals surface area contributed by atoms with Gasteiger partial charge in [0.15, 0.2) is 11.5 Å². The van der Waals surface area contributed by atoms with Gasteiger partial charge in [-0.05, 0) is 38.2 Å². The van der Waals surface area contributed by atoms with E-state index in [4.69, 9.17) is 9.16 Å². The molecule has 0 aliphatic rings. The Morgan fingerprint density at radius 2 is 1.86 bits per heavy atom. The van der Waals surface area contributed by atoms with Gasteiger partial charge in [-0.15, -0.1) is 0 Å². The maximum atomic E-state index is 14.6. The zero-order chi connectivity index (χ0) is 16.0. The van der Waals surface area contributed by atoms with Gasteiger partial charge in [0.25, 0.3) is 0 Å². The van der Waals surface area contributed by atoms with Crippen LogP contribution < -0.4 is 4.74 Å². The molecular formula is C16H23FO3Si. The predicted molar refractivity (Wildman–Crippen MR) is 85.4 cm³/mol. The summed E-state index contributed by atoms with van der Waals surface area (Å²) in [5, 5.41) is 0. The molecule has 0 aromatic heterocycles. The minimum Gasteiger partial charge on any atom is -0.542 e. The Morgan fingerprint density at radius 3 is 2.38 bits per heavy atom. The molecule has 0 fully saturated rings. The second-order valence-corrected chi connectivity index (χ2v) is 10.2. The first-order valence-electron chi connectivity index (χ1n) is 7.05. The van der Waals surface area contributed by atoms with E-state index in [9.17, 15) is 9.18 Å². The van der Waals surface area contributed by atoms with Crippen molar-refractivity contribution in [2.45, 2.75) is 39.4 Å². The van der Waals surface area contributed by atoms with E-state index >= 15 is 0 Å². The molecule has 0 heterocycles. The lowest BCUT2D eigenvalue weighted by atomic mass is 10.1. The summed E-state index contributed by atoms with van der Waals surface area (Å²) in [6.07, 6.45) is 0.762. The van der Waals surface area contributed by atoms with Crippen LogP contribution in [0.15, 0.2) is 30.1 Å². The lowest BCUT2D eigenvalue weighted by Gasteiger charge is -2.23. The third-order valence-electron chi connectivity index (χ3n) is 2.68. The van der Waals surface area contributed by atoms with Crippen molar-refractivity contribution in [1.82, 2.24) is 0 Å². The van der Waals surface area contributed by atoms with Gasteiger partial charge < -0.3 is 9.16 Å². The summed E-state index contributed by atoms with van der Waals surface area (Å²) in [5.74, 6) is -0.851. The van der Waals surface area contributed by atoms with Gasteiger partial charge >= 0.3 is 0 Å². The largest absolute Gasteiger partial charge is 0.542 e.